The second-order valence-electron chi connectivity index (χ2n) is 4.22. The summed E-state index contributed by atoms with van der Waals surface area (Å²) in [5.74, 6) is 0.899. The maximum absolute atomic E-state index is 4.35. The van der Waals surface area contributed by atoms with Crippen molar-refractivity contribution in [3.63, 3.8) is 0 Å². The van der Waals surface area contributed by atoms with Gasteiger partial charge in [0.15, 0.2) is 17.0 Å². The predicted octanol–water partition coefficient (Wildman–Crippen LogP) is 0.172. The first-order valence-corrected chi connectivity index (χ1v) is 5.70. The topological polar surface area (TPSA) is 58.0 Å². The van der Waals surface area contributed by atoms with Crippen LogP contribution in [-0.2, 0) is 0 Å². The third-order valence-corrected chi connectivity index (χ3v) is 3.05. The molecule has 0 unspecified atom stereocenters. The van der Waals surface area contributed by atoms with Crippen LogP contribution >= 0.6 is 0 Å². The lowest BCUT2D eigenvalue weighted by atomic mass is 10.3. The van der Waals surface area contributed by atoms with Gasteiger partial charge in [-0.25, -0.2) is 19.9 Å². The van der Waals surface area contributed by atoms with Gasteiger partial charge in [0.05, 0.1) is 0 Å². The summed E-state index contributed by atoms with van der Waals surface area (Å²) in [4.78, 5) is 21.6. The molecule has 1 saturated heterocycles. The zero-order chi connectivity index (χ0) is 11.7. The Kier molecular flexibility index (Phi) is 2.56. The van der Waals surface area contributed by atoms with Crippen LogP contribution < -0.4 is 4.90 Å². The molecular formula is C11H14N6. The van der Waals surface area contributed by atoms with Crippen LogP contribution in [0.1, 0.15) is 0 Å². The number of anilines is 1. The number of piperazine rings is 1. The molecule has 2 aromatic heterocycles. The van der Waals surface area contributed by atoms with Crippen molar-refractivity contribution in [1.29, 1.82) is 0 Å². The minimum Gasteiger partial charge on any atom is -0.352 e. The van der Waals surface area contributed by atoms with Gasteiger partial charge in [-0.1, -0.05) is 0 Å². The van der Waals surface area contributed by atoms with E-state index in [4.69, 9.17) is 0 Å². The van der Waals surface area contributed by atoms with E-state index in [1.54, 1.807) is 18.7 Å². The molecule has 0 saturated carbocycles. The molecule has 1 aliphatic heterocycles. The Morgan fingerprint density at radius 2 is 1.71 bits per heavy atom. The minimum atomic E-state index is 0.663. The molecule has 2 aromatic rings. The lowest BCUT2D eigenvalue weighted by Gasteiger charge is -2.33. The van der Waals surface area contributed by atoms with Crippen molar-refractivity contribution in [2.75, 3.05) is 38.1 Å². The second kappa shape index (κ2) is 4.21. The molecule has 6 heteroatoms. The summed E-state index contributed by atoms with van der Waals surface area (Å²) >= 11 is 0. The molecule has 0 radical (unpaired) electrons. The van der Waals surface area contributed by atoms with Gasteiger partial charge in [-0.15, -0.1) is 0 Å². The van der Waals surface area contributed by atoms with E-state index in [1.165, 1.54) is 0 Å². The van der Waals surface area contributed by atoms with Crippen LogP contribution in [0.15, 0.2) is 18.7 Å². The zero-order valence-electron chi connectivity index (χ0n) is 9.74. The van der Waals surface area contributed by atoms with Gasteiger partial charge in [0.25, 0.3) is 0 Å². The Morgan fingerprint density at radius 1 is 0.941 bits per heavy atom. The first-order valence-electron chi connectivity index (χ1n) is 5.70. The summed E-state index contributed by atoms with van der Waals surface area (Å²) in [5, 5.41) is 0. The van der Waals surface area contributed by atoms with Crippen LogP contribution in [0.4, 0.5) is 5.82 Å². The van der Waals surface area contributed by atoms with Gasteiger partial charge >= 0.3 is 0 Å². The fourth-order valence-electron chi connectivity index (χ4n) is 2.03. The number of hydrogen-bond acceptors (Lipinski definition) is 6. The van der Waals surface area contributed by atoms with Gasteiger partial charge < -0.3 is 9.80 Å². The van der Waals surface area contributed by atoms with Gasteiger partial charge in [0, 0.05) is 38.6 Å². The first-order chi connectivity index (χ1) is 8.34. The van der Waals surface area contributed by atoms with Crippen molar-refractivity contribution < 1.29 is 0 Å². The van der Waals surface area contributed by atoms with E-state index in [1.807, 2.05) is 0 Å². The summed E-state index contributed by atoms with van der Waals surface area (Å²) in [6.45, 7) is 4.04. The van der Waals surface area contributed by atoms with Crippen LogP contribution in [0.25, 0.3) is 11.2 Å². The third kappa shape index (κ3) is 1.91. The number of likely N-dealkylation sites (N-methyl/N-ethyl adjacent to an activating group) is 1. The predicted molar refractivity (Wildman–Crippen MR) is 64.8 cm³/mol. The quantitative estimate of drug-likeness (QED) is 0.696. The van der Waals surface area contributed by atoms with Crippen LogP contribution in [0.5, 0.6) is 0 Å². The highest BCUT2D eigenvalue weighted by Crippen LogP contribution is 2.19. The normalized spacial score (nSPS) is 17.6. The molecule has 0 bridgehead atoms. The van der Waals surface area contributed by atoms with Gasteiger partial charge in [-0.05, 0) is 7.05 Å². The van der Waals surface area contributed by atoms with Gasteiger partial charge in [-0.2, -0.15) is 0 Å². The van der Waals surface area contributed by atoms with Crippen LogP contribution in [-0.4, -0.2) is 58.1 Å². The van der Waals surface area contributed by atoms with E-state index in [-0.39, 0.29) is 0 Å². The smallest absolute Gasteiger partial charge is 0.183 e. The highest BCUT2D eigenvalue weighted by atomic mass is 15.3. The lowest BCUT2D eigenvalue weighted by Crippen LogP contribution is -2.45. The van der Waals surface area contributed by atoms with Gasteiger partial charge in [0.2, 0.25) is 0 Å². The largest absolute Gasteiger partial charge is 0.352 e. The number of hydrogen-bond donors (Lipinski definition) is 0. The lowest BCUT2D eigenvalue weighted by molar-refractivity contribution is 0.312. The second-order valence-corrected chi connectivity index (χ2v) is 4.22. The number of aromatic nitrogens is 4. The third-order valence-electron chi connectivity index (χ3n) is 3.05. The summed E-state index contributed by atoms with van der Waals surface area (Å²) in [6, 6.07) is 0. The van der Waals surface area contributed by atoms with E-state index in [0.717, 1.165) is 37.5 Å². The number of rotatable bonds is 1. The van der Waals surface area contributed by atoms with Crippen molar-refractivity contribution in [3.05, 3.63) is 18.7 Å². The molecule has 17 heavy (non-hydrogen) atoms. The zero-order valence-corrected chi connectivity index (χ0v) is 9.74. The van der Waals surface area contributed by atoms with E-state index >= 15 is 0 Å². The minimum absolute atomic E-state index is 0.663. The Bertz CT molecular complexity index is 515. The molecule has 3 heterocycles. The Morgan fingerprint density at radius 3 is 2.53 bits per heavy atom. The van der Waals surface area contributed by atoms with Crippen molar-refractivity contribution >= 4 is 17.0 Å². The fourth-order valence-corrected chi connectivity index (χ4v) is 2.03. The molecular weight excluding hydrogens is 216 g/mol. The standard InChI is InChI=1S/C11H14N6/c1-16-4-6-17(7-5-16)11-9-10(14-8-15-11)13-3-2-12-9/h2-3,8H,4-7H2,1H3. The maximum Gasteiger partial charge on any atom is 0.183 e. The number of nitrogens with zero attached hydrogens (tertiary/aromatic N) is 6. The maximum atomic E-state index is 4.35. The van der Waals surface area contributed by atoms with Gasteiger partial charge in [-0.3, -0.25) is 0 Å². The van der Waals surface area contributed by atoms with Crippen molar-refractivity contribution in [2.24, 2.45) is 0 Å². The molecule has 0 atom stereocenters. The monoisotopic (exact) mass is 230 g/mol. The number of fused-ring (bicyclic) bond motifs is 1. The van der Waals surface area contributed by atoms with E-state index < -0.39 is 0 Å². The SMILES string of the molecule is CN1CCN(c2ncnc3nccnc23)CC1. The Hall–Kier alpha value is -1.82. The van der Waals surface area contributed by atoms with Crippen LogP contribution in [0, 0.1) is 0 Å². The Labute approximate surface area is 99.3 Å². The molecule has 0 amide bonds. The van der Waals surface area contributed by atoms with E-state index in [2.05, 4.69) is 36.8 Å². The van der Waals surface area contributed by atoms with Crippen molar-refractivity contribution in [2.45, 2.75) is 0 Å². The molecule has 88 valence electrons. The molecule has 3 rings (SSSR count). The summed E-state index contributed by atoms with van der Waals surface area (Å²) in [7, 11) is 2.13. The molecule has 0 N–H and O–H groups in total. The average molecular weight is 230 g/mol. The Balaban J connectivity index is 2.00. The van der Waals surface area contributed by atoms with Crippen LogP contribution in [0.3, 0.4) is 0 Å². The summed E-state index contributed by atoms with van der Waals surface area (Å²) < 4.78 is 0. The fraction of sp³-hybridized carbons (Fsp3) is 0.455. The van der Waals surface area contributed by atoms with Crippen LogP contribution in [0.2, 0.25) is 0 Å². The summed E-state index contributed by atoms with van der Waals surface area (Å²) in [5.41, 5.74) is 1.45. The average Bonchev–Trinajstić information content (AvgIpc) is 2.39. The van der Waals surface area contributed by atoms with Crippen molar-refractivity contribution in [1.82, 2.24) is 24.8 Å². The van der Waals surface area contributed by atoms with E-state index in [9.17, 15) is 0 Å². The molecule has 0 aromatic carbocycles. The molecule has 0 aliphatic carbocycles. The highest BCUT2D eigenvalue weighted by Gasteiger charge is 2.18. The molecule has 6 nitrogen and oxygen atoms in total. The molecule has 1 aliphatic rings. The molecule has 0 spiro atoms. The van der Waals surface area contributed by atoms with Crippen molar-refractivity contribution in [3.8, 4) is 0 Å². The van der Waals surface area contributed by atoms with E-state index in [0.29, 0.717) is 5.65 Å². The summed E-state index contributed by atoms with van der Waals surface area (Å²) in [6.07, 6.45) is 4.90. The van der Waals surface area contributed by atoms with Gasteiger partial charge in [0.1, 0.15) is 6.33 Å². The molecule has 1 fully saturated rings. The highest BCUT2D eigenvalue weighted by molar-refractivity contribution is 5.82. The first kappa shape index (κ1) is 10.3.